The summed E-state index contributed by atoms with van der Waals surface area (Å²) in [6, 6.07) is 61.2. The van der Waals surface area contributed by atoms with E-state index in [2.05, 4.69) is 169 Å². The highest BCUT2D eigenvalue weighted by atomic mass is 28.4. The summed E-state index contributed by atoms with van der Waals surface area (Å²) < 4.78 is 85.4. The van der Waals surface area contributed by atoms with E-state index in [0.717, 1.165) is 31.9 Å². The number of methoxy groups -OCH3 is 1. The maximum absolute atomic E-state index is 11.7. The third-order valence-corrected chi connectivity index (χ3v) is 30.3. The fourth-order valence-corrected chi connectivity index (χ4v) is 24.0. The Morgan fingerprint density at radius 1 is 0.426 bits per heavy atom. The van der Waals surface area contributed by atoms with Gasteiger partial charge in [-0.25, -0.2) is 0 Å². The second-order valence-electron chi connectivity index (χ2n) is 28.5. The molecule has 0 amide bonds. The van der Waals surface area contributed by atoms with E-state index in [1.54, 1.807) is 7.11 Å². The van der Waals surface area contributed by atoms with E-state index in [0.29, 0.717) is 0 Å². The Labute approximate surface area is 560 Å². The van der Waals surface area contributed by atoms with Gasteiger partial charge in [-0.3, -0.25) is 0 Å². The smallest absolute Gasteiger partial charge is 0.261 e. The van der Waals surface area contributed by atoms with Gasteiger partial charge in [0.15, 0.2) is 25.2 Å². The van der Waals surface area contributed by atoms with Crippen LogP contribution in [0.25, 0.3) is 10.4 Å². The molecule has 506 valence electrons. The van der Waals surface area contributed by atoms with Gasteiger partial charge in [0.2, 0.25) is 0 Å². The molecule has 4 heterocycles. The number of benzene rings is 6. The van der Waals surface area contributed by atoms with Gasteiger partial charge in [0.25, 0.3) is 16.6 Å². The number of aliphatic hydroxyl groups is 1. The Hall–Kier alpha value is -5.46. The first kappa shape index (κ1) is 71.3. The van der Waals surface area contributed by atoms with Crippen LogP contribution in [0.3, 0.4) is 0 Å². The van der Waals surface area contributed by atoms with E-state index < -0.39 is 127 Å². The van der Waals surface area contributed by atoms with Crippen LogP contribution >= 0.6 is 0 Å². The van der Waals surface area contributed by atoms with Gasteiger partial charge in [-0.15, -0.1) is 0 Å². The number of rotatable bonds is 24. The van der Waals surface area contributed by atoms with E-state index in [4.69, 9.17) is 56.2 Å². The normalized spacial score (nSPS) is 31.9. The van der Waals surface area contributed by atoms with Crippen LogP contribution in [0.1, 0.15) is 101 Å². The van der Waals surface area contributed by atoms with Crippen molar-refractivity contribution in [2.24, 2.45) is 34.7 Å². The van der Waals surface area contributed by atoms with E-state index in [-0.39, 0.29) is 48.3 Å². The van der Waals surface area contributed by atoms with Gasteiger partial charge in [0.1, 0.15) is 24.4 Å². The zero-order valence-electron chi connectivity index (χ0n) is 57.4. The molecule has 16 nitrogen and oxygen atoms in total. The molecule has 4 fully saturated rings. The van der Waals surface area contributed by atoms with Gasteiger partial charge in [0.05, 0.1) is 69.1 Å². The second-order valence-corrected chi connectivity index (χ2v) is 37.1. The third kappa shape index (κ3) is 15.3. The molecular formula is C76H101N3O13Si2. The lowest BCUT2D eigenvalue weighted by atomic mass is 9.84. The summed E-state index contributed by atoms with van der Waals surface area (Å²) in [5, 5.41) is 20.0. The molecule has 0 saturated carbocycles. The Morgan fingerprint density at radius 2 is 0.787 bits per heavy atom. The number of azide groups is 1. The predicted molar refractivity (Wildman–Crippen MR) is 370 cm³/mol. The van der Waals surface area contributed by atoms with Crippen molar-refractivity contribution in [3.05, 3.63) is 204 Å². The summed E-state index contributed by atoms with van der Waals surface area (Å²) in [5.41, 5.74) is 12.5. The van der Waals surface area contributed by atoms with Crippen molar-refractivity contribution in [2.45, 2.75) is 206 Å². The quantitative estimate of drug-likeness (QED) is 0.0262. The number of nitrogens with zero attached hydrogens (tertiary/aromatic N) is 3. The first-order valence-corrected chi connectivity index (χ1v) is 37.6. The third-order valence-electron chi connectivity index (χ3n) is 20.3. The van der Waals surface area contributed by atoms with E-state index >= 15 is 0 Å². The Kier molecular flexibility index (Phi) is 23.8. The number of hydrogen-bond donors (Lipinski definition) is 1. The summed E-state index contributed by atoms with van der Waals surface area (Å²) in [7, 11) is -4.56. The van der Waals surface area contributed by atoms with E-state index in [9.17, 15) is 10.6 Å². The molecule has 4 aliphatic heterocycles. The molecule has 4 saturated heterocycles. The summed E-state index contributed by atoms with van der Waals surface area (Å²) in [4.78, 5) is 3.46. The minimum atomic E-state index is -3.22. The molecule has 8 unspecified atom stereocenters. The molecule has 0 aromatic heterocycles. The zero-order chi connectivity index (χ0) is 67.0. The summed E-state index contributed by atoms with van der Waals surface area (Å²) in [5.74, 6) is -1.59. The maximum Gasteiger partial charge on any atom is 0.261 e. The van der Waals surface area contributed by atoms with Crippen molar-refractivity contribution in [1.82, 2.24) is 0 Å². The lowest BCUT2D eigenvalue weighted by molar-refractivity contribution is -0.363. The summed E-state index contributed by atoms with van der Waals surface area (Å²) in [6.07, 6.45) is -10.4. The van der Waals surface area contributed by atoms with Crippen molar-refractivity contribution in [1.29, 1.82) is 0 Å². The van der Waals surface area contributed by atoms with Crippen LogP contribution in [0.15, 0.2) is 187 Å². The molecule has 0 radical (unpaired) electrons. The van der Waals surface area contributed by atoms with Crippen LogP contribution in [0.2, 0.25) is 10.1 Å². The van der Waals surface area contributed by atoms with Gasteiger partial charge < -0.3 is 61.3 Å². The van der Waals surface area contributed by atoms with E-state index in [1.807, 2.05) is 113 Å². The van der Waals surface area contributed by atoms with E-state index in [1.165, 1.54) is 0 Å². The highest BCUT2D eigenvalue weighted by molar-refractivity contribution is 7.00. The lowest BCUT2D eigenvalue weighted by Gasteiger charge is -2.52. The standard InChI is InChI=1S/C76H101N3O13Si2/c1-49-50(2)71(81-14)88-62(47-84-93(75(8,9)10,58-37-25-17-26-38-58)59-39-27-18-28-40-59)66(49)90-73-53(5)69(83-46-57-35-23-16-24-36-57)70(55(7)87-73)92-74-64(78-79-77)51(3)67(91-72-52(4)68(65(80)54(6)86-72)82-45-56-33-21-15-22-34-56)63(89-74)48-85-94(76(11,12)13,60-41-29-19-30-42-60)61-43-31-20-32-44-61/h15-44,49-55,62-74,80H,45-48H2,1-14H3/t49-,50?,51-,52?,53?,54?,55?,62?,63?,64?,65-,66+,67+,68+,69+,70-,71+,72+,73+,74+/m1/s1. The Morgan fingerprint density at radius 3 is 1.19 bits per heavy atom. The number of hydrogen-bond acceptors (Lipinski definition) is 14. The molecule has 6 aromatic rings. The molecule has 0 bridgehead atoms. The summed E-state index contributed by atoms with van der Waals surface area (Å²) >= 11 is 0. The Balaban J connectivity index is 0.984. The molecule has 1 N–H and O–H groups in total. The minimum Gasteiger partial charge on any atom is -0.405 e. The van der Waals surface area contributed by atoms with Crippen molar-refractivity contribution >= 4 is 37.4 Å². The van der Waals surface area contributed by atoms with Crippen molar-refractivity contribution in [3.63, 3.8) is 0 Å². The molecule has 18 heteroatoms. The highest BCUT2D eigenvalue weighted by Gasteiger charge is 2.57. The molecule has 20 atom stereocenters. The lowest BCUT2D eigenvalue weighted by Crippen LogP contribution is -2.68. The van der Waals surface area contributed by atoms with Gasteiger partial charge >= 0.3 is 0 Å². The SMILES string of the molecule is CO[C@H]1OC(CO[Si](c2ccccc2)(c2ccccc2)C(C)(C)C)[C@@H](O[C@@H]2OC(C)[C@@H](O[C@@H]3OC(CO[Si](c4ccccc4)(c4ccccc4)C(C)(C)C)[C@@H](O[C@@H]4OC(C)[C@@H](O)[C@@H](OCc5ccccc5)C4C)[C@H](C)C3N=[N+]=[N-])[C@@H](OCc3ccccc3)C2C)[C@H](C)C1C. The number of ether oxygens (including phenoxy) is 10. The van der Waals surface area contributed by atoms with Crippen LogP contribution < -0.4 is 20.7 Å². The fraction of sp³-hybridized carbons (Fsp3) is 0.526. The monoisotopic (exact) mass is 1320 g/mol. The first-order valence-electron chi connectivity index (χ1n) is 33.8. The largest absolute Gasteiger partial charge is 0.405 e. The Bertz CT molecular complexity index is 3240. The van der Waals surface area contributed by atoms with Crippen molar-refractivity contribution in [3.8, 4) is 0 Å². The van der Waals surface area contributed by atoms with Gasteiger partial charge in [0, 0.05) is 29.8 Å². The summed E-state index contributed by atoms with van der Waals surface area (Å²) in [6.45, 7) is 28.5. The zero-order valence-corrected chi connectivity index (χ0v) is 59.4. The molecule has 0 aliphatic carbocycles. The van der Waals surface area contributed by atoms with Gasteiger partial charge in [-0.1, -0.05) is 263 Å². The minimum absolute atomic E-state index is 0.0558. The number of aliphatic hydroxyl groups excluding tert-OH is 1. The fourth-order valence-electron chi connectivity index (χ4n) is 14.9. The van der Waals surface area contributed by atoms with Gasteiger partial charge in [-0.2, -0.15) is 0 Å². The van der Waals surface area contributed by atoms with Crippen LogP contribution in [0.5, 0.6) is 0 Å². The van der Waals surface area contributed by atoms with Gasteiger partial charge in [-0.05, 0) is 73.2 Å². The average molecular weight is 1320 g/mol. The molecule has 94 heavy (non-hydrogen) atoms. The average Bonchev–Trinajstić information content (AvgIpc) is 0.755. The van der Waals surface area contributed by atoms with Crippen LogP contribution in [-0.4, -0.2) is 134 Å². The van der Waals surface area contributed by atoms with Crippen molar-refractivity contribution < 1.29 is 61.3 Å². The molecule has 10 rings (SSSR count). The first-order chi connectivity index (χ1) is 45.1. The second kappa shape index (κ2) is 31.4. The predicted octanol–water partition coefficient (Wildman–Crippen LogP) is 12.3. The molecular weight excluding hydrogens is 1220 g/mol. The molecule has 4 aliphatic rings. The maximum atomic E-state index is 11.7. The van der Waals surface area contributed by atoms with Crippen LogP contribution in [0.4, 0.5) is 0 Å². The molecule has 0 spiro atoms. The van der Waals surface area contributed by atoms with Crippen molar-refractivity contribution in [2.75, 3.05) is 20.3 Å². The van der Waals surface area contributed by atoms with Crippen LogP contribution in [-0.2, 0) is 69.4 Å². The molecule has 6 aromatic carbocycles. The topological polar surface area (TPSA) is 180 Å². The highest BCUT2D eigenvalue weighted by Crippen LogP contribution is 2.45. The van der Waals surface area contributed by atoms with Crippen LogP contribution in [0, 0.1) is 29.6 Å².